The zero-order valence-electron chi connectivity index (χ0n) is 17.8. The molecule has 0 amide bonds. The summed E-state index contributed by atoms with van der Waals surface area (Å²) in [6.07, 6.45) is 8.62. The van der Waals surface area contributed by atoms with Crippen LogP contribution in [0.5, 0.6) is 0 Å². The lowest BCUT2D eigenvalue weighted by Crippen LogP contribution is -1.76. The summed E-state index contributed by atoms with van der Waals surface area (Å²) in [6, 6.07) is 29.9. The molecule has 1 heterocycles. The third-order valence-corrected chi connectivity index (χ3v) is 5.61. The van der Waals surface area contributed by atoms with Crippen LogP contribution >= 0.6 is 0 Å². The predicted molar refractivity (Wildman–Crippen MR) is 134 cm³/mol. The lowest BCUT2D eigenvalue weighted by atomic mass is 10.0. The van der Waals surface area contributed by atoms with Crippen LogP contribution < -0.4 is 0 Å². The fourth-order valence-corrected chi connectivity index (χ4v) is 3.76. The molecule has 0 N–H and O–H groups in total. The van der Waals surface area contributed by atoms with Crippen LogP contribution in [-0.4, -0.2) is 0 Å². The molecule has 4 aromatic carbocycles. The molecule has 150 valence electrons. The Balaban J connectivity index is 1.48. The molecular formula is C30H24O. The van der Waals surface area contributed by atoms with Crippen LogP contribution in [-0.2, 0) is 0 Å². The van der Waals surface area contributed by atoms with Gasteiger partial charge in [0.05, 0.1) is 0 Å². The molecule has 5 rings (SSSR count). The predicted octanol–water partition coefficient (Wildman–Crippen LogP) is 8.54. The minimum absolute atomic E-state index is 0.919. The van der Waals surface area contributed by atoms with E-state index in [9.17, 15) is 0 Å². The molecule has 1 heteroatoms. The Hall–Kier alpha value is -3.84. The molecule has 0 spiro atoms. The highest BCUT2D eigenvalue weighted by atomic mass is 16.3. The molecule has 31 heavy (non-hydrogen) atoms. The third kappa shape index (κ3) is 4.22. The van der Waals surface area contributed by atoms with E-state index >= 15 is 0 Å². The molecule has 0 aliphatic heterocycles. The molecule has 0 fully saturated rings. The van der Waals surface area contributed by atoms with Gasteiger partial charge in [-0.25, -0.2) is 0 Å². The van der Waals surface area contributed by atoms with Crippen molar-refractivity contribution in [2.45, 2.75) is 13.8 Å². The SMILES string of the molecule is Cc1ccc(/C=C/c2ccc3oc4ccc(/C=C/c5ccc(C)cc5)cc4c3c2)cc1. The second-order valence-electron chi connectivity index (χ2n) is 8.10. The Morgan fingerprint density at radius 2 is 0.806 bits per heavy atom. The van der Waals surface area contributed by atoms with Crippen molar-refractivity contribution < 1.29 is 4.42 Å². The van der Waals surface area contributed by atoms with Crippen LogP contribution in [0.2, 0.25) is 0 Å². The number of furan rings is 1. The maximum atomic E-state index is 6.07. The summed E-state index contributed by atoms with van der Waals surface area (Å²) in [4.78, 5) is 0. The number of benzene rings is 4. The highest BCUT2D eigenvalue weighted by Gasteiger charge is 2.07. The minimum atomic E-state index is 0.919. The zero-order chi connectivity index (χ0) is 21.2. The van der Waals surface area contributed by atoms with Crippen molar-refractivity contribution in [2.24, 2.45) is 0 Å². The average molecular weight is 401 g/mol. The number of rotatable bonds is 4. The zero-order valence-corrected chi connectivity index (χ0v) is 17.8. The van der Waals surface area contributed by atoms with E-state index in [0.717, 1.165) is 33.1 Å². The molecule has 0 saturated carbocycles. The standard InChI is InChI=1S/C30H24O/c1-21-3-7-23(8-4-21)11-13-25-15-17-29-27(19-25)28-20-26(16-18-30(28)31-29)14-12-24-9-5-22(2)6-10-24/h3-20H,1-2H3/b13-11+,14-12+. The van der Waals surface area contributed by atoms with Gasteiger partial charge in [0, 0.05) is 10.8 Å². The van der Waals surface area contributed by atoms with Gasteiger partial charge < -0.3 is 4.42 Å². The summed E-state index contributed by atoms with van der Waals surface area (Å²) in [7, 11) is 0. The van der Waals surface area contributed by atoms with E-state index in [-0.39, 0.29) is 0 Å². The van der Waals surface area contributed by atoms with Crippen molar-refractivity contribution in [3.63, 3.8) is 0 Å². The van der Waals surface area contributed by atoms with Crippen molar-refractivity contribution in [1.29, 1.82) is 0 Å². The molecule has 0 unspecified atom stereocenters. The van der Waals surface area contributed by atoms with Crippen molar-refractivity contribution in [1.82, 2.24) is 0 Å². The van der Waals surface area contributed by atoms with E-state index in [1.54, 1.807) is 0 Å². The second-order valence-corrected chi connectivity index (χ2v) is 8.10. The molecule has 0 aliphatic rings. The Labute approximate surface area is 183 Å². The lowest BCUT2D eigenvalue weighted by Gasteiger charge is -1.98. The fraction of sp³-hybridized carbons (Fsp3) is 0.0667. The Morgan fingerprint density at radius 1 is 0.452 bits per heavy atom. The van der Waals surface area contributed by atoms with Gasteiger partial charge in [0.15, 0.2) is 0 Å². The molecule has 0 atom stereocenters. The largest absolute Gasteiger partial charge is 0.456 e. The van der Waals surface area contributed by atoms with E-state index < -0.39 is 0 Å². The van der Waals surface area contributed by atoms with Gasteiger partial charge in [0.2, 0.25) is 0 Å². The summed E-state index contributed by atoms with van der Waals surface area (Å²) in [5.41, 5.74) is 9.11. The van der Waals surface area contributed by atoms with Gasteiger partial charge in [0.1, 0.15) is 11.2 Å². The lowest BCUT2D eigenvalue weighted by molar-refractivity contribution is 0.669. The van der Waals surface area contributed by atoms with Crippen LogP contribution in [0.4, 0.5) is 0 Å². The molecule has 0 bridgehead atoms. The van der Waals surface area contributed by atoms with Gasteiger partial charge in [-0.1, -0.05) is 96.1 Å². The summed E-state index contributed by atoms with van der Waals surface area (Å²) >= 11 is 0. The Morgan fingerprint density at radius 3 is 1.23 bits per heavy atom. The Kier molecular flexibility index (Phi) is 5.01. The van der Waals surface area contributed by atoms with Gasteiger partial charge in [-0.15, -0.1) is 0 Å². The van der Waals surface area contributed by atoms with E-state index in [2.05, 4.69) is 123 Å². The topological polar surface area (TPSA) is 13.1 Å². The van der Waals surface area contributed by atoms with Crippen molar-refractivity contribution in [3.05, 3.63) is 118 Å². The molecule has 1 nitrogen and oxygen atoms in total. The summed E-state index contributed by atoms with van der Waals surface area (Å²) in [6.45, 7) is 4.21. The molecule has 1 aromatic heterocycles. The van der Waals surface area contributed by atoms with Crippen molar-refractivity contribution in [2.75, 3.05) is 0 Å². The van der Waals surface area contributed by atoms with Gasteiger partial charge in [-0.2, -0.15) is 0 Å². The Bertz CT molecular complexity index is 1300. The maximum absolute atomic E-state index is 6.07. The number of aryl methyl sites for hydroxylation is 2. The monoisotopic (exact) mass is 400 g/mol. The van der Waals surface area contributed by atoms with E-state index in [4.69, 9.17) is 4.42 Å². The molecule has 0 aliphatic carbocycles. The molecule has 5 aromatic rings. The molecular weight excluding hydrogens is 376 g/mol. The molecule has 0 saturated heterocycles. The first-order valence-corrected chi connectivity index (χ1v) is 10.6. The third-order valence-electron chi connectivity index (χ3n) is 5.61. The van der Waals surface area contributed by atoms with Crippen LogP contribution in [0.3, 0.4) is 0 Å². The van der Waals surface area contributed by atoms with Crippen LogP contribution in [0.15, 0.2) is 89.3 Å². The first-order valence-electron chi connectivity index (χ1n) is 10.6. The van der Waals surface area contributed by atoms with Crippen molar-refractivity contribution in [3.8, 4) is 0 Å². The van der Waals surface area contributed by atoms with E-state index in [0.29, 0.717) is 0 Å². The summed E-state index contributed by atoms with van der Waals surface area (Å²) in [5, 5.41) is 2.29. The average Bonchev–Trinajstić information content (AvgIpc) is 3.15. The smallest absolute Gasteiger partial charge is 0.135 e. The highest BCUT2D eigenvalue weighted by molar-refractivity contribution is 6.06. The maximum Gasteiger partial charge on any atom is 0.135 e. The molecule has 0 radical (unpaired) electrons. The van der Waals surface area contributed by atoms with Crippen LogP contribution in [0.1, 0.15) is 33.4 Å². The van der Waals surface area contributed by atoms with Gasteiger partial charge in [-0.3, -0.25) is 0 Å². The van der Waals surface area contributed by atoms with Gasteiger partial charge in [0.25, 0.3) is 0 Å². The number of fused-ring (bicyclic) bond motifs is 3. The first-order chi connectivity index (χ1) is 15.1. The number of hydrogen-bond acceptors (Lipinski definition) is 1. The van der Waals surface area contributed by atoms with Gasteiger partial charge in [-0.05, 0) is 60.4 Å². The van der Waals surface area contributed by atoms with Crippen LogP contribution in [0.25, 0.3) is 46.2 Å². The van der Waals surface area contributed by atoms with E-state index in [1.165, 1.54) is 22.3 Å². The summed E-state index contributed by atoms with van der Waals surface area (Å²) < 4.78 is 6.07. The minimum Gasteiger partial charge on any atom is -0.456 e. The first kappa shape index (κ1) is 19.1. The van der Waals surface area contributed by atoms with Crippen molar-refractivity contribution >= 4 is 46.2 Å². The number of hydrogen-bond donors (Lipinski definition) is 0. The summed E-state index contributed by atoms with van der Waals surface area (Å²) in [5.74, 6) is 0. The van der Waals surface area contributed by atoms with E-state index in [1.807, 2.05) is 0 Å². The second kappa shape index (κ2) is 8.12. The fourth-order valence-electron chi connectivity index (χ4n) is 3.76. The quantitative estimate of drug-likeness (QED) is 0.275. The highest BCUT2D eigenvalue weighted by Crippen LogP contribution is 2.31. The van der Waals surface area contributed by atoms with Gasteiger partial charge >= 0.3 is 0 Å². The van der Waals surface area contributed by atoms with Crippen LogP contribution in [0, 0.1) is 13.8 Å². The normalized spacial score (nSPS) is 11.9.